The van der Waals surface area contributed by atoms with Crippen molar-refractivity contribution in [3.63, 3.8) is 0 Å². The highest BCUT2D eigenvalue weighted by Crippen LogP contribution is 2.30. The molecule has 27 heavy (non-hydrogen) atoms. The zero-order valence-corrected chi connectivity index (χ0v) is 15.5. The SMILES string of the molecule is CNc1ncc(Cc2cccc(C(F)(F)F)c2)c(CC2C=CC(Cl)=CC2)n1. The molecular weight excluding hydrogens is 375 g/mol. The monoisotopic (exact) mass is 393 g/mol. The van der Waals surface area contributed by atoms with Crippen LogP contribution in [0.4, 0.5) is 19.1 Å². The standard InChI is InChI=1S/C20H19ClF3N3/c1-25-19-26-12-15(9-14-3-2-4-16(10-14)20(22,23)24)18(27-19)11-13-5-7-17(21)8-6-13/h2-5,7-8,10,12-13H,6,9,11H2,1H3,(H,25,26,27). The Labute approximate surface area is 161 Å². The number of rotatable bonds is 5. The molecule has 1 atom stereocenters. The summed E-state index contributed by atoms with van der Waals surface area (Å²) in [6.07, 6.45) is 5.00. The third kappa shape index (κ3) is 5.10. The number of halogens is 4. The number of aromatic nitrogens is 2. The Balaban J connectivity index is 1.86. The number of alkyl halides is 3. The van der Waals surface area contributed by atoms with E-state index in [1.807, 2.05) is 18.2 Å². The van der Waals surface area contributed by atoms with Gasteiger partial charge in [0.05, 0.1) is 11.3 Å². The van der Waals surface area contributed by atoms with Crippen LogP contribution < -0.4 is 5.32 Å². The van der Waals surface area contributed by atoms with Gasteiger partial charge >= 0.3 is 6.18 Å². The summed E-state index contributed by atoms with van der Waals surface area (Å²) in [5, 5.41) is 3.63. The Hall–Kier alpha value is -2.34. The average Bonchev–Trinajstić information content (AvgIpc) is 2.64. The largest absolute Gasteiger partial charge is 0.416 e. The first kappa shape index (κ1) is 19.4. The molecule has 1 unspecified atom stereocenters. The normalized spacial score (nSPS) is 16.9. The molecule has 7 heteroatoms. The highest BCUT2D eigenvalue weighted by Gasteiger charge is 2.30. The maximum Gasteiger partial charge on any atom is 0.416 e. The molecule has 0 aliphatic heterocycles. The molecule has 0 bridgehead atoms. The molecule has 3 rings (SSSR count). The Morgan fingerprint density at radius 1 is 1.30 bits per heavy atom. The quantitative estimate of drug-likeness (QED) is 0.742. The van der Waals surface area contributed by atoms with E-state index >= 15 is 0 Å². The van der Waals surface area contributed by atoms with Crippen molar-refractivity contribution in [2.45, 2.75) is 25.4 Å². The molecule has 2 aromatic rings. The van der Waals surface area contributed by atoms with Crippen LogP contribution >= 0.6 is 11.6 Å². The number of nitrogens with zero attached hydrogens (tertiary/aromatic N) is 2. The highest BCUT2D eigenvalue weighted by atomic mass is 35.5. The summed E-state index contributed by atoms with van der Waals surface area (Å²) in [5.41, 5.74) is 1.58. The molecule has 1 aliphatic carbocycles. The summed E-state index contributed by atoms with van der Waals surface area (Å²) in [6, 6.07) is 5.37. The summed E-state index contributed by atoms with van der Waals surface area (Å²) >= 11 is 5.97. The van der Waals surface area contributed by atoms with E-state index in [4.69, 9.17) is 11.6 Å². The van der Waals surface area contributed by atoms with Crippen LogP contribution in [0.15, 0.2) is 53.7 Å². The summed E-state index contributed by atoms with van der Waals surface area (Å²) < 4.78 is 38.9. The van der Waals surface area contributed by atoms with Crippen molar-refractivity contribution < 1.29 is 13.2 Å². The van der Waals surface area contributed by atoms with E-state index in [0.29, 0.717) is 29.4 Å². The number of hydrogen-bond donors (Lipinski definition) is 1. The first-order chi connectivity index (χ1) is 12.8. The minimum Gasteiger partial charge on any atom is -0.357 e. The fraction of sp³-hybridized carbons (Fsp3) is 0.300. The molecule has 3 nitrogen and oxygen atoms in total. The second kappa shape index (κ2) is 8.13. The van der Waals surface area contributed by atoms with E-state index in [-0.39, 0.29) is 5.92 Å². The van der Waals surface area contributed by atoms with Crippen molar-refractivity contribution in [1.29, 1.82) is 0 Å². The van der Waals surface area contributed by atoms with Gasteiger partial charge in [-0.2, -0.15) is 13.2 Å². The molecule has 0 fully saturated rings. The molecule has 1 aromatic heterocycles. The topological polar surface area (TPSA) is 37.8 Å². The maximum atomic E-state index is 13.0. The molecule has 0 amide bonds. The molecular formula is C20H19ClF3N3. The van der Waals surface area contributed by atoms with Crippen molar-refractivity contribution in [2.24, 2.45) is 5.92 Å². The smallest absolute Gasteiger partial charge is 0.357 e. The second-order valence-electron chi connectivity index (χ2n) is 6.44. The summed E-state index contributed by atoms with van der Waals surface area (Å²) in [6.45, 7) is 0. The lowest BCUT2D eigenvalue weighted by molar-refractivity contribution is -0.137. The zero-order valence-electron chi connectivity index (χ0n) is 14.7. The first-order valence-electron chi connectivity index (χ1n) is 8.57. The summed E-state index contributed by atoms with van der Waals surface area (Å²) in [4.78, 5) is 8.77. The third-order valence-corrected chi connectivity index (χ3v) is 4.71. The van der Waals surface area contributed by atoms with Crippen LogP contribution in [0.5, 0.6) is 0 Å². The van der Waals surface area contributed by atoms with E-state index in [1.165, 1.54) is 12.1 Å². The van der Waals surface area contributed by atoms with E-state index in [1.54, 1.807) is 19.3 Å². The summed E-state index contributed by atoms with van der Waals surface area (Å²) in [7, 11) is 1.73. The van der Waals surface area contributed by atoms with Gasteiger partial charge in [0.2, 0.25) is 5.95 Å². The number of benzene rings is 1. The van der Waals surface area contributed by atoms with Crippen molar-refractivity contribution in [1.82, 2.24) is 9.97 Å². The molecule has 1 heterocycles. The van der Waals surface area contributed by atoms with E-state index < -0.39 is 11.7 Å². The predicted molar refractivity (Wildman–Crippen MR) is 101 cm³/mol. The molecule has 0 saturated heterocycles. The minimum absolute atomic E-state index is 0.243. The Morgan fingerprint density at radius 3 is 2.78 bits per heavy atom. The number of allylic oxidation sites excluding steroid dienone is 4. The Morgan fingerprint density at radius 2 is 2.11 bits per heavy atom. The van der Waals surface area contributed by atoms with Gasteiger partial charge in [-0.15, -0.1) is 0 Å². The highest BCUT2D eigenvalue weighted by molar-refractivity contribution is 6.31. The molecule has 0 radical (unpaired) electrons. The lowest BCUT2D eigenvalue weighted by atomic mass is 9.92. The lowest BCUT2D eigenvalue weighted by Gasteiger charge is -2.17. The van der Waals surface area contributed by atoms with Gasteiger partial charge in [-0.3, -0.25) is 0 Å². The van der Waals surface area contributed by atoms with Gasteiger partial charge in [0.15, 0.2) is 0 Å². The van der Waals surface area contributed by atoms with Crippen LogP contribution in [-0.4, -0.2) is 17.0 Å². The first-order valence-corrected chi connectivity index (χ1v) is 8.95. The van der Waals surface area contributed by atoms with Gasteiger partial charge in [0.1, 0.15) is 0 Å². The van der Waals surface area contributed by atoms with Crippen LogP contribution in [0.1, 0.15) is 28.8 Å². The molecule has 1 aromatic carbocycles. The maximum absolute atomic E-state index is 13.0. The van der Waals surface area contributed by atoms with Gasteiger partial charge in [-0.05, 0) is 42.0 Å². The Bertz CT molecular complexity index is 875. The molecule has 142 valence electrons. The second-order valence-corrected chi connectivity index (χ2v) is 6.87. The summed E-state index contributed by atoms with van der Waals surface area (Å²) in [5.74, 6) is 0.735. The van der Waals surface area contributed by atoms with Crippen molar-refractivity contribution >= 4 is 17.5 Å². The fourth-order valence-corrected chi connectivity index (χ4v) is 3.16. The van der Waals surface area contributed by atoms with Gasteiger partial charge in [-0.1, -0.05) is 42.0 Å². The zero-order chi connectivity index (χ0) is 19.4. The number of hydrogen-bond acceptors (Lipinski definition) is 3. The average molecular weight is 394 g/mol. The Kier molecular flexibility index (Phi) is 5.85. The number of anilines is 1. The van der Waals surface area contributed by atoms with Crippen LogP contribution in [0.3, 0.4) is 0 Å². The van der Waals surface area contributed by atoms with Gasteiger partial charge in [-0.25, -0.2) is 9.97 Å². The molecule has 0 spiro atoms. The van der Waals surface area contributed by atoms with Crippen LogP contribution in [-0.2, 0) is 19.0 Å². The third-order valence-electron chi connectivity index (χ3n) is 4.43. The van der Waals surface area contributed by atoms with E-state index in [9.17, 15) is 13.2 Å². The molecule has 0 saturated carbocycles. The van der Waals surface area contributed by atoms with Gasteiger partial charge < -0.3 is 5.32 Å². The molecule has 1 aliphatic rings. The fourth-order valence-electron chi connectivity index (χ4n) is 3.00. The van der Waals surface area contributed by atoms with Crippen molar-refractivity contribution in [3.05, 3.63) is 76.1 Å². The number of nitrogens with one attached hydrogen (secondary N) is 1. The molecule has 1 N–H and O–H groups in total. The minimum atomic E-state index is -4.36. The van der Waals surface area contributed by atoms with Gasteiger partial charge in [0, 0.05) is 24.7 Å². The van der Waals surface area contributed by atoms with Crippen LogP contribution in [0, 0.1) is 5.92 Å². The lowest BCUT2D eigenvalue weighted by Crippen LogP contribution is -2.11. The van der Waals surface area contributed by atoms with Crippen molar-refractivity contribution in [2.75, 3.05) is 12.4 Å². The van der Waals surface area contributed by atoms with E-state index in [2.05, 4.69) is 15.3 Å². The van der Waals surface area contributed by atoms with Crippen LogP contribution in [0.2, 0.25) is 0 Å². The predicted octanol–water partition coefficient (Wildman–Crippen LogP) is 5.37. The van der Waals surface area contributed by atoms with E-state index in [0.717, 1.165) is 23.7 Å². The van der Waals surface area contributed by atoms with Crippen molar-refractivity contribution in [3.8, 4) is 0 Å². The van der Waals surface area contributed by atoms with Gasteiger partial charge in [0.25, 0.3) is 0 Å². The van der Waals surface area contributed by atoms with Crippen LogP contribution in [0.25, 0.3) is 0 Å².